The van der Waals surface area contributed by atoms with Gasteiger partial charge >= 0.3 is 0 Å². The van der Waals surface area contributed by atoms with Gasteiger partial charge in [-0.05, 0) is 35.4 Å². The van der Waals surface area contributed by atoms with Crippen LogP contribution in [0.3, 0.4) is 0 Å². The van der Waals surface area contributed by atoms with Gasteiger partial charge in [-0.15, -0.1) is 0 Å². The molecular weight excluding hydrogens is 365 g/mol. The van der Waals surface area contributed by atoms with Crippen molar-refractivity contribution in [3.05, 3.63) is 69.7 Å². The summed E-state index contributed by atoms with van der Waals surface area (Å²) in [6.07, 6.45) is -1.88. The summed E-state index contributed by atoms with van der Waals surface area (Å²) in [6, 6.07) is 13.5. The first-order valence-corrected chi connectivity index (χ1v) is 8.49. The molecule has 0 spiro atoms. The minimum absolute atomic E-state index is 0.196. The lowest BCUT2D eigenvalue weighted by Crippen LogP contribution is -2.52. The summed E-state index contributed by atoms with van der Waals surface area (Å²) in [6.45, 7) is -0.767. The van der Waals surface area contributed by atoms with Crippen LogP contribution in [-0.4, -0.2) is 40.5 Å². The maximum Gasteiger partial charge on any atom is 0.251 e. The number of carbonyl (C=O) groups excluding carboxylic acids is 1. The Labute approximate surface area is 155 Å². The zero-order chi connectivity index (χ0) is 18.0. The molecule has 7 heteroatoms. The quantitative estimate of drug-likeness (QED) is 0.853. The van der Waals surface area contributed by atoms with Crippen molar-refractivity contribution in [1.82, 2.24) is 4.90 Å². The van der Waals surface area contributed by atoms with Gasteiger partial charge in [-0.25, -0.2) is 0 Å². The second kappa shape index (κ2) is 7.72. The fourth-order valence-corrected chi connectivity index (χ4v) is 3.35. The van der Waals surface area contributed by atoms with E-state index in [0.29, 0.717) is 10.0 Å². The first kappa shape index (κ1) is 18.2. The molecule has 1 amide bonds. The molecule has 1 heterocycles. The summed E-state index contributed by atoms with van der Waals surface area (Å²) < 4.78 is 5.78. The molecule has 5 nitrogen and oxygen atoms in total. The summed E-state index contributed by atoms with van der Waals surface area (Å²) in [5, 5.41) is 20.7. The SMILES string of the molecule is O=C1CO[C@H](c2cccc(Cl)c2)[C@@H](c2ccc(Cl)cc2)N1[C@H](O)CO. The molecule has 1 aliphatic rings. The van der Waals surface area contributed by atoms with Gasteiger partial charge in [0.15, 0.2) is 6.23 Å². The molecule has 1 saturated heterocycles. The van der Waals surface area contributed by atoms with Crippen molar-refractivity contribution in [2.75, 3.05) is 13.2 Å². The third-order valence-electron chi connectivity index (χ3n) is 4.13. The van der Waals surface area contributed by atoms with Crippen molar-refractivity contribution in [1.29, 1.82) is 0 Å². The van der Waals surface area contributed by atoms with Crippen LogP contribution >= 0.6 is 23.2 Å². The Hall–Kier alpha value is -1.63. The maximum absolute atomic E-state index is 12.4. The van der Waals surface area contributed by atoms with E-state index >= 15 is 0 Å². The van der Waals surface area contributed by atoms with Crippen LogP contribution in [0.25, 0.3) is 0 Å². The van der Waals surface area contributed by atoms with Crippen LogP contribution in [-0.2, 0) is 9.53 Å². The number of amides is 1. The second-order valence-corrected chi connectivity index (χ2v) is 6.62. The van der Waals surface area contributed by atoms with Gasteiger partial charge in [-0.3, -0.25) is 4.79 Å². The van der Waals surface area contributed by atoms with Gasteiger partial charge < -0.3 is 19.8 Å². The molecule has 3 rings (SSSR count). The molecule has 2 aromatic carbocycles. The van der Waals surface area contributed by atoms with E-state index < -0.39 is 30.9 Å². The van der Waals surface area contributed by atoms with Gasteiger partial charge in [-0.1, -0.05) is 47.5 Å². The van der Waals surface area contributed by atoms with Crippen LogP contribution in [0, 0.1) is 0 Å². The topological polar surface area (TPSA) is 70.0 Å². The van der Waals surface area contributed by atoms with Crippen molar-refractivity contribution < 1.29 is 19.7 Å². The maximum atomic E-state index is 12.4. The predicted molar refractivity (Wildman–Crippen MR) is 94.3 cm³/mol. The van der Waals surface area contributed by atoms with Crippen molar-refractivity contribution in [3.8, 4) is 0 Å². The minimum Gasteiger partial charge on any atom is -0.392 e. The summed E-state index contributed by atoms with van der Waals surface area (Å²) in [4.78, 5) is 13.6. The first-order valence-electron chi connectivity index (χ1n) is 7.74. The van der Waals surface area contributed by atoms with Crippen LogP contribution < -0.4 is 0 Å². The highest BCUT2D eigenvalue weighted by Gasteiger charge is 2.41. The molecule has 2 N–H and O–H groups in total. The van der Waals surface area contributed by atoms with Gasteiger partial charge in [0.05, 0.1) is 12.6 Å². The molecule has 0 bridgehead atoms. The van der Waals surface area contributed by atoms with E-state index in [1.54, 1.807) is 42.5 Å². The Balaban J connectivity index is 2.08. The standard InChI is InChI=1S/C18H17Cl2NO4/c19-13-6-4-11(5-7-13)17-18(12-2-1-3-14(20)8-12)25-10-16(24)21(17)15(23)9-22/h1-8,15,17-18,22-23H,9-10H2/t15-,17-,18-/m1/s1. The number of aliphatic hydroxyl groups is 2. The monoisotopic (exact) mass is 381 g/mol. The molecule has 1 fully saturated rings. The fraction of sp³-hybridized carbons (Fsp3) is 0.278. The smallest absolute Gasteiger partial charge is 0.251 e. The van der Waals surface area contributed by atoms with Crippen molar-refractivity contribution in [3.63, 3.8) is 0 Å². The molecule has 3 atom stereocenters. The van der Waals surface area contributed by atoms with E-state index in [9.17, 15) is 15.0 Å². The molecule has 132 valence electrons. The van der Waals surface area contributed by atoms with Crippen molar-refractivity contribution in [2.45, 2.75) is 18.4 Å². The summed E-state index contributed by atoms with van der Waals surface area (Å²) >= 11 is 12.1. The molecule has 0 aromatic heterocycles. The third-order valence-corrected chi connectivity index (χ3v) is 4.62. The molecule has 0 saturated carbocycles. The zero-order valence-corrected chi connectivity index (χ0v) is 14.7. The molecule has 0 unspecified atom stereocenters. The summed E-state index contributed by atoms with van der Waals surface area (Å²) in [7, 11) is 0. The lowest BCUT2D eigenvalue weighted by atomic mass is 9.92. The van der Waals surface area contributed by atoms with Gasteiger partial charge in [0.1, 0.15) is 12.7 Å². The van der Waals surface area contributed by atoms with Crippen LogP contribution in [0.15, 0.2) is 48.5 Å². The van der Waals surface area contributed by atoms with E-state index in [1.807, 2.05) is 6.07 Å². The number of morpholine rings is 1. The highest BCUT2D eigenvalue weighted by atomic mass is 35.5. The number of halogens is 2. The predicted octanol–water partition coefficient (Wildman–Crippen LogP) is 2.95. The lowest BCUT2D eigenvalue weighted by Gasteiger charge is -2.43. The highest BCUT2D eigenvalue weighted by molar-refractivity contribution is 6.30. The Bertz CT molecular complexity index is 753. The second-order valence-electron chi connectivity index (χ2n) is 5.75. The normalized spacial score (nSPS) is 22.1. The molecule has 2 aromatic rings. The Morgan fingerprint density at radius 3 is 2.48 bits per heavy atom. The fourth-order valence-electron chi connectivity index (χ4n) is 3.02. The van der Waals surface area contributed by atoms with Crippen LogP contribution in [0.2, 0.25) is 10.0 Å². The summed E-state index contributed by atoms with van der Waals surface area (Å²) in [5.41, 5.74) is 1.50. The highest BCUT2D eigenvalue weighted by Crippen LogP contribution is 2.41. The number of hydrogen-bond donors (Lipinski definition) is 2. The van der Waals surface area contributed by atoms with E-state index in [0.717, 1.165) is 11.1 Å². The number of benzene rings is 2. The van der Waals surface area contributed by atoms with Gasteiger partial charge in [0.2, 0.25) is 0 Å². The lowest BCUT2D eigenvalue weighted by molar-refractivity contribution is -0.181. The largest absolute Gasteiger partial charge is 0.392 e. The molecule has 1 aliphatic heterocycles. The van der Waals surface area contributed by atoms with Gasteiger partial charge in [0, 0.05) is 10.0 Å². The van der Waals surface area contributed by atoms with E-state index in [1.165, 1.54) is 4.90 Å². The molecular formula is C18H17Cl2NO4. The number of hydrogen-bond acceptors (Lipinski definition) is 4. The Morgan fingerprint density at radius 2 is 1.84 bits per heavy atom. The average molecular weight is 382 g/mol. The first-order chi connectivity index (χ1) is 12.0. The summed E-state index contributed by atoms with van der Waals surface area (Å²) in [5.74, 6) is -0.403. The number of aliphatic hydroxyl groups excluding tert-OH is 2. The zero-order valence-electron chi connectivity index (χ0n) is 13.2. The molecule has 25 heavy (non-hydrogen) atoms. The number of carbonyl (C=O) groups is 1. The van der Waals surface area contributed by atoms with Crippen molar-refractivity contribution >= 4 is 29.1 Å². The minimum atomic E-state index is -1.33. The molecule has 0 aliphatic carbocycles. The van der Waals surface area contributed by atoms with Gasteiger partial charge in [-0.2, -0.15) is 0 Å². The van der Waals surface area contributed by atoms with E-state index in [4.69, 9.17) is 27.9 Å². The molecule has 0 radical (unpaired) electrons. The van der Waals surface area contributed by atoms with Crippen LogP contribution in [0.5, 0.6) is 0 Å². The average Bonchev–Trinajstić information content (AvgIpc) is 2.61. The number of rotatable bonds is 4. The Morgan fingerprint density at radius 1 is 1.12 bits per heavy atom. The number of ether oxygens (including phenoxy) is 1. The van der Waals surface area contributed by atoms with Crippen molar-refractivity contribution in [2.24, 2.45) is 0 Å². The van der Waals surface area contributed by atoms with Crippen LogP contribution in [0.4, 0.5) is 0 Å². The third kappa shape index (κ3) is 3.81. The van der Waals surface area contributed by atoms with Gasteiger partial charge in [0.25, 0.3) is 5.91 Å². The Kier molecular flexibility index (Phi) is 5.61. The van der Waals surface area contributed by atoms with E-state index in [2.05, 4.69) is 0 Å². The van der Waals surface area contributed by atoms with Crippen LogP contribution in [0.1, 0.15) is 23.3 Å². The van der Waals surface area contributed by atoms with E-state index in [-0.39, 0.29) is 6.61 Å². The number of nitrogens with zero attached hydrogens (tertiary/aromatic N) is 1.